The monoisotopic (exact) mass is 257 g/mol. The Bertz CT molecular complexity index is 567. The Morgan fingerprint density at radius 2 is 2.12 bits per heavy atom. The number of amidine groups is 1. The van der Waals surface area contributed by atoms with Crippen molar-refractivity contribution in [3.63, 3.8) is 0 Å². The molecule has 1 aliphatic rings. The summed E-state index contributed by atoms with van der Waals surface area (Å²) in [4.78, 5) is 0. The molecule has 5 nitrogen and oxygen atoms in total. The summed E-state index contributed by atoms with van der Waals surface area (Å²) in [6, 6.07) is 3.61. The number of nitrogens with one attached hydrogen (secondary N) is 2. The van der Waals surface area contributed by atoms with Gasteiger partial charge in [-0.25, -0.2) is 12.8 Å². The van der Waals surface area contributed by atoms with E-state index in [-0.39, 0.29) is 16.5 Å². The first-order valence-electron chi connectivity index (χ1n) is 5.06. The van der Waals surface area contributed by atoms with Gasteiger partial charge in [0.25, 0.3) is 0 Å². The number of rotatable bonds is 4. The van der Waals surface area contributed by atoms with Crippen molar-refractivity contribution in [2.45, 2.75) is 18.1 Å². The predicted molar refractivity (Wildman–Crippen MR) is 63.0 cm³/mol. The summed E-state index contributed by atoms with van der Waals surface area (Å²) in [5.74, 6) is -1.08. The highest BCUT2D eigenvalue weighted by atomic mass is 32.2. The number of sulfonamides is 1. The lowest BCUT2D eigenvalue weighted by Gasteiger charge is -2.08. The van der Waals surface area contributed by atoms with Gasteiger partial charge in [0.15, 0.2) is 0 Å². The second kappa shape index (κ2) is 3.99. The van der Waals surface area contributed by atoms with E-state index < -0.39 is 21.7 Å². The third-order valence-electron chi connectivity index (χ3n) is 2.48. The first-order chi connectivity index (χ1) is 7.90. The highest BCUT2D eigenvalue weighted by Gasteiger charge is 2.35. The Labute approximate surface area is 98.4 Å². The van der Waals surface area contributed by atoms with Crippen LogP contribution in [0.2, 0.25) is 0 Å². The maximum absolute atomic E-state index is 13.2. The Kier molecular flexibility index (Phi) is 2.78. The van der Waals surface area contributed by atoms with Crippen LogP contribution in [0.25, 0.3) is 0 Å². The van der Waals surface area contributed by atoms with Gasteiger partial charge in [-0.05, 0) is 31.0 Å². The van der Waals surface area contributed by atoms with E-state index >= 15 is 0 Å². The van der Waals surface area contributed by atoms with E-state index in [0.717, 1.165) is 6.07 Å². The maximum atomic E-state index is 13.2. The van der Waals surface area contributed by atoms with Gasteiger partial charge in [-0.3, -0.25) is 10.1 Å². The lowest BCUT2D eigenvalue weighted by Crippen LogP contribution is -2.19. The van der Waals surface area contributed by atoms with Crippen LogP contribution in [-0.2, 0) is 10.0 Å². The number of benzene rings is 1. The minimum atomic E-state index is -3.38. The number of nitrogen functional groups attached to an aromatic ring is 1. The summed E-state index contributed by atoms with van der Waals surface area (Å²) in [6.07, 6.45) is 1.30. The van der Waals surface area contributed by atoms with E-state index in [1.165, 1.54) is 12.1 Å². The number of nitrogens with two attached hydrogens (primary N) is 1. The molecule has 0 aromatic heterocycles. The first kappa shape index (κ1) is 11.8. The molecule has 0 aliphatic heterocycles. The first-order valence-corrected chi connectivity index (χ1v) is 6.60. The van der Waals surface area contributed by atoms with E-state index in [0.29, 0.717) is 12.8 Å². The van der Waals surface area contributed by atoms with Gasteiger partial charge < -0.3 is 5.73 Å². The fraction of sp³-hybridized carbons (Fsp3) is 0.300. The normalized spacial score (nSPS) is 15.6. The summed E-state index contributed by atoms with van der Waals surface area (Å²) in [5.41, 5.74) is 5.30. The third-order valence-corrected chi connectivity index (χ3v) is 4.35. The van der Waals surface area contributed by atoms with Crippen molar-refractivity contribution in [1.29, 1.82) is 5.41 Å². The van der Waals surface area contributed by atoms with Crippen LogP contribution in [0, 0.1) is 11.2 Å². The molecule has 92 valence electrons. The lowest BCUT2D eigenvalue weighted by molar-refractivity contribution is 0.599. The Balaban J connectivity index is 2.28. The second-order valence-electron chi connectivity index (χ2n) is 3.95. The fourth-order valence-corrected chi connectivity index (χ4v) is 2.80. The van der Waals surface area contributed by atoms with Crippen molar-refractivity contribution in [2.24, 2.45) is 5.73 Å². The summed E-state index contributed by atoms with van der Waals surface area (Å²) in [7, 11) is -3.38. The van der Waals surface area contributed by atoms with Gasteiger partial charge in [0.1, 0.15) is 11.7 Å². The minimum Gasteiger partial charge on any atom is -0.384 e. The molecule has 0 spiro atoms. The molecular weight excluding hydrogens is 245 g/mol. The van der Waals surface area contributed by atoms with Crippen LogP contribution in [0.3, 0.4) is 0 Å². The maximum Gasteiger partial charge on any atom is 0.235 e. The van der Waals surface area contributed by atoms with Gasteiger partial charge in [-0.15, -0.1) is 0 Å². The fourth-order valence-electron chi connectivity index (χ4n) is 1.42. The number of hydrogen-bond acceptors (Lipinski definition) is 3. The lowest BCUT2D eigenvalue weighted by atomic mass is 10.2. The van der Waals surface area contributed by atoms with Crippen LogP contribution < -0.4 is 10.5 Å². The molecule has 0 amide bonds. The van der Waals surface area contributed by atoms with Gasteiger partial charge in [-0.1, -0.05) is 0 Å². The molecular formula is C10H12FN3O2S. The van der Waals surface area contributed by atoms with Crippen molar-refractivity contribution < 1.29 is 12.8 Å². The minimum absolute atomic E-state index is 0.110. The topological polar surface area (TPSA) is 96.0 Å². The Morgan fingerprint density at radius 3 is 2.65 bits per heavy atom. The van der Waals surface area contributed by atoms with E-state index in [1.54, 1.807) is 0 Å². The highest BCUT2D eigenvalue weighted by molar-refractivity contribution is 7.93. The van der Waals surface area contributed by atoms with Gasteiger partial charge in [0.2, 0.25) is 10.0 Å². The molecule has 1 saturated carbocycles. The third kappa shape index (κ3) is 2.55. The average Bonchev–Trinajstić information content (AvgIpc) is 3.03. The highest BCUT2D eigenvalue weighted by Crippen LogP contribution is 2.29. The zero-order chi connectivity index (χ0) is 12.6. The standard InChI is InChI=1S/C10H12FN3O2S/c11-9-4-1-6(5-8(9)10(12)13)14-17(15,16)7-2-3-7/h1,4-5,7,14H,2-3H2,(H3,12,13). The van der Waals surface area contributed by atoms with Crippen LogP contribution >= 0.6 is 0 Å². The second-order valence-corrected chi connectivity index (χ2v) is 5.92. The number of halogens is 1. The molecule has 4 N–H and O–H groups in total. The molecule has 1 aliphatic carbocycles. The molecule has 17 heavy (non-hydrogen) atoms. The largest absolute Gasteiger partial charge is 0.384 e. The average molecular weight is 257 g/mol. The summed E-state index contributed by atoms with van der Waals surface area (Å²) in [6.45, 7) is 0. The quantitative estimate of drug-likeness (QED) is 0.555. The molecule has 1 aromatic rings. The number of anilines is 1. The molecule has 0 unspecified atom stereocenters. The zero-order valence-corrected chi connectivity index (χ0v) is 9.72. The van der Waals surface area contributed by atoms with Gasteiger partial charge in [0.05, 0.1) is 10.8 Å². The van der Waals surface area contributed by atoms with Crippen molar-refractivity contribution in [3.8, 4) is 0 Å². The predicted octanol–water partition coefficient (Wildman–Crippen LogP) is 1.01. The Morgan fingerprint density at radius 1 is 1.47 bits per heavy atom. The van der Waals surface area contributed by atoms with E-state index in [1.807, 2.05) is 0 Å². The molecule has 0 atom stereocenters. The van der Waals surface area contributed by atoms with E-state index in [4.69, 9.17) is 11.1 Å². The van der Waals surface area contributed by atoms with Gasteiger partial charge in [-0.2, -0.15) is 0 Å². The van der Waals surface area contributed by atoms with E-state index in [9.17, 15) is 12.8 Å². The van der Waals surface area contributed by atoms with E-state index in [2.05, 4.69) is 4.72 Å². The van der Waals surface area contributed by atoms with Gasteiger partial charge in [0, 0.05) is 5.69 Å². The molecule has 2 rings (SSSR count). The molecule has 1 aromatic carbocycles. The SMILES string of the molecule is N=C(N)c1cc(NS(=O)(=O)C2CC2)ccc1F. The summed E-state index contributed by atoms with van der Waals surface area (Å²) in [5, 5.41) is 6.81. The zero-order valence-electron chi connectivity index (χ0n) is 8.90. The van der Waals surface area contributed by atoms with Crippen molar-refractivity contribution in [1.82, 2.24) is 0 Å². The van der Waals surface area contributed by atoms with Crippen LogP contribution in [0.4, 0.5) is 10.1 Å². The van der Waals surface area contributed by atoms with Crippen LogP contribution in [-0.4, -0.2) is 19.5 Å². The van der Waals surface area contributed by atoms with Crippen molar-refractivity contribution in [2.75, 3.05) is 4.72 Å². The smallest absolute Gasteiger partial charge is 0.235 e. The molecule has 0 bridgehead atoms. The van der Waals surface area contributed by atoms with Crippen LogP contribution in [0.15, 0.2) is 18.2 Å². The molecule has 0 heterocycles. The van der Waals surface area contributed by atoms with Crippen LogP contribution in [0.5, 0.6) is 0 Å². The van der Waals surface area contributed by atoms with Gasteiger partial charge >= 0.3 is 0 Å². The van der Waals surface area contributed by atoms with Crippen molar-refractivity contribution in [3.05, 3.63) is 29.6 Å². The number of hydrogen-bond donors (Lipinski definition) is 3. The van der Waals surface area contributed by atoms with Crippen molar-refractivity contribution >= 4 is 21.5 Å². The molecule has 1 fully saturated rings. The summed E-state index contributed by atoms with van der Waals surface area (Å²) < 4.78 is 38.9. The molecule has 0 radical (unpaired) electrons. The molecule has 7 heteroatoms. The Hall–Kier alpha value is -1.63. The van der Waals surface area contributed by atoms with Crippen LogP contribution in [0.1, 0.15) is 18.4 Å². The molecule has 0 saturated heterocycles. The summed E-state index contributed by atoms with van der Waals surface area (Å²) >= 11 is 0.